The van der Waals surface area contributed by atoms with Crippen molar-refractivity contribution in [3.05, 3.63) is 27.4 Å². The summed E-state index contributed by atoms with van der Waals surface area (Å²) in [6.45, 7) is 9.48. The number of aryl methyl sites for hydroxylation is 2. The molecule has 0 aliphatic heterocycles. The molecule has 0 saturated carbocycles. The van der Waals surface area contributed by atoms with Gasteiger partial charge in [0.1, 0.15) is 0 Å². The van der Waals surface area contributed by atoms with Crippen molar-refractivity contribution in [2.75, 3.05) is 13.1 Å². The molecule has 1 amide bonds. The Bertz CT molecular complexity index is 517. The van der Waals surface area contributed by atoms with Crippen molar-refractivity contribution in [2.24, 2.45) is 0 Å². The number of aromatic amines is 1. The van der Waals surface area contributed by atoms with Gasteiger partial charge in [-0.25, -0.2) is 4.79 Å². The van der Waals surface area contributed by atoms with Crippen LogP contribution in [0, 0.1) is 13.8 Å². The van der Waals surface area contributed by atoms with E-state index in [1.165, 1.54) is 0 Å². The molecule has 1 rings (SSSR count). The lowest BCUT2D eigenvalue weighted by Gasteiger charge is -2.28. The number of nitrogens with zero attached hydrogens (tertiary/aromatic N) is 2. The predicted octanol–water partition coefficient (Wildman–Crippen LogP) is 0.549. The lowest BCUT2D eigenvalue weighted by Crippen LogP contribution is -2.43. The van der Waals surface area contributed by atoms with E-state index < -0.39 is 11.3 Å². The number of aromatic nitrogens is 2. The summed E-state index contributed by atoms with van der Waals surface area (Å²) in [5, 5.41) is 9.83. The first kappa shape index (κ1) is 16.4. The molecule has 0 unspecified atom stereocenters. The van der Waals surface area contributed by atoms with Gasteiger partial charge in [-0.15, -0.1) is 0 Å². The molecule has 0 aromatic carbocycles. The number of carbonyl (C=O) groups excluding carboxylic acids is 1. The Hall–Kier alpha value is -1.69. The minimum Gasteiger partial charge on any atom is -0.389 e. The molecule has 0 atom stereocenters. The lowest BCUT2D eigenvalue weighted by atomic mass is 10.1. The van der Waals surface area contributed by atoms with Gasteiger partial charge in [0.25, 0.3) is 0 Å². The minimum absolute atomic E-state index is 0.0883. The van der Waals surface area contributed by atoms with E-state index in [4.69, 9.17) is 0 Å². The molecule has 0 aliphatic carbocycles. The van der Waals surface area contributed by atoms with Gasteiger partial charge in [-0.1, -0.05) is 0 Å². The van der Waals surface area contributed by atoms with Gasteiger partial charge in [0.15, 0.2) is 0 Å². The standard InChI is InChI=1S/C14H23N3O3/c1-6-17(8-14(4,5)20)12(18)7-11-9(2)15-13(19)16-10(11)3/h20H,6-8H2,1-5H3,(H,15,16,19). The average molecular weight is 281 g/mol. The van der Waals surface area contributed by atoms with Crippen LogP contribution in [0.25, 0.3) is 0 Å². The molecule has 0 spiro atoms. The molecule has 0 fully saturated rings. The van der Waals surface area contributed by atoms with Crippen molar-refractivity contribution >= 4 is 5.91 Å². The molecule has 6 nitrogen and oxygen atoms in total. The highest BCUT2D eigenvalue weighted by atomic mass is 16.3. The second-order valence-electron chi connectivity index (χ2n) is 5.63. The maximum absolute atomic E-state index is 12.3. The molecular formula is C14H23N3O3. The molecule has 6 heteroatoms. The number of carbonyl (C=O) groups is 1. The van der Waals surface area contributed by atoms with Crippen LogP contribution in [0.4, 0.5) is 0 Å². The normalized spacial score (nSPS) is 11.5. The topological polar surface area (TPSA) is 86.3 Å². The van der Waals surface area contributed by atoms with E-state index >= 15 is 0 Å². The molecule has 112 valence electrons. The third-order valence-electron chi connectivity index (χ3n) is 3.09. The first-order valence-electron chi connectivity index (χ1n) is 6.70. The van der Waals surface area contributed by atoms with E-state index in [0.717, 1.165) is 5.56 Å². The average Bonchev–Trinajstić information content (AvgIpc) is 2.29. The number of nitrogens with one attached hydrogen (secondary N) is 1. The van der Waals surface area contributed by atoms with Gasteiger partial charge in [-0.2, -0.15) is 4.98 Å². The number of hydrogen-bond acceptors (Lipinski definition) is 4. The molecule has 2 N–H and O–H groups in total. The fourth-order valence-corrected chi connectivity index (χ4v) is 2.12. The summed E-state index contributed by atoms with van der Waals surface area (Å²) in [6, 6.07) is 0. The monoisotopic (exact) mass is 281 g/mol. The maximum Gasteiger partial charge on any atom is 0.345 e. The second kappa shape index (κ2) is 6.17. The number of H-pyrrole nitrogens is 1. The first-order valence-corrected chi connectivity index (χ1v) is 6.70. The molecule has 20 heavy (non-hydrogen) atoms. The van der Waals surface area contributed by atoms with E-state index in [1.807, 2.05) is 6.92 Å². The number of aliphatic hydroxyl groups is 1. The Morgan fingerprint density at radius 3 is 2.45 bits per heavy atom. The SMILES string of the molecule is CCN(CC(C)(C)O)C(=O)Cc1c(C)nc(=O)[nH]c1C. The van der Waals surface area contributed by atoms with E-state index in [-0.39, 0.29) is 18.9 Å². The molecule has 0 radical (unpaired) electrons. The minimum atomic E-state index is -0.932. The fraction of sp³-hybridized carbons (Fsp3) is 0.643. The second-order valence-corrected chi connectivity index (χ2v) is 5.63. The highest BCUT2D eigenvalue weighted by molar-refractivity contribution is 5.79. The van der Waals surface area contributed by atoms with Gasteiger partial charge >= 0.3 is 5.69 Å². The van der Waals surface area contributed by atoms with Crippen LogP contribution in [0.5, 0.6) is 0 Å². The number of hydrogen-bond donors (Lipinski definition) is 2. The van der Waals surface area contributed by atoms with E-state index in [1.54, 1.807) is 32.6 Å². The maximum atomic E-state index is 12.3. The van der Waals surface area contributed by atoms with Crippen LogP contribution >= 0.6 is 0 Å². The van der Waals surface area contributed by atoms with Gasteiger partial charge in [0.2, 0.25) is 5.91 Å². The zero-order valence-electron chi connectivity index (χ0n) is 12.8. The summed E-state index contributed by atoms with van der Waals surface area (Å²) in [5.41, 5.74) is 0.636. The van der Waals surface area contributed by atoms with Gasteiger partial charge in [0, 0.05) is 30.0 Å². The summed E-state index contributed by atoms with van der Waals surface area (Å²) in [4.78, 5) is 31.6. The molecule has 1 aromatic heterocycles. The van der Waals surface area contributed by atoms with Crippen molar-refractivity contribution in [1.29, 1.82) is 0 Å². The molecule has 0 bridgehead atoms. The fourth-order valence-electron chi connectivity index (χ4n) is 2.12. The zero-order valence-corrected chi connectivity index (χ0v) is 12.8. The molecule has 1 aromatic rings. The Morgan fingerprint density at radius 1 is 1.40 bits per heavy atom. The highest BCUT2D eigenvalue weighted by Crippen LogP contribution is 2.11. The predicted molar refractivity (Wildman–Crippen MR) is 76.6 cm³/mol. The first-order chi connectivity index (χ1) is 9.14. The third kappa shape index (κ3) is 4.45. The molecule has 0 saturated heterocycles. The van der Waals surface area contributed by atoms with Crippen LogP contribution in [0.2, 0.25) is 0 Å². The Kier molecular flexibility index (Phi) is 5.05. The lowest BCUT2D eigenvalue weighted by molar-refractivity contribution is -0.133. The van der Waals surface area contributed by atoms with Crippen LogP contribution < -0.4 is 5.69 Å². The van der Waals surface area contributed by atoms with E-state index in [9.17, 15) is 14.7 Å². The zero-order chi connectivity index (χ0) is 15.5. The number of likely N-dealkylation sites (N-methyl/N-ethyl adjacent to an activating group) is 1. The molecular weight excluding hydrogens is 258 g/mol. The van der Waals surface area contributed by atoms with Crippen molar-refractivity contribution < 1.29 is 9.90 Å². The summed E-state index contributed by atoms with van der Waals surface area (Å²) in [6.07, 6.45) is 0.172. The van der Waals surface area contributed by atoms with Crippen LogP contribution in [0.3, 0.4) is 0 Å². The summed E-state index contributed by atoms with van der Waals surface area (Å²) in [7, 11) is 0. The van der Waals surface area contributed by atoms with Gasteiger partial charge in [0.05, 0.1) is 12.0 Å². The van der Waals surface area contributed by atoms with E-state index in [0.29, 0.717) is 17.9 Å². The van der Waals surface area contributed by atoms with Crippen molar-refractivity contribution in [1.82, 2.24) is 14.9 Å². The van der Waals surface area contributed by atoms with Crippen LogP contribution in [-0.4, -0.2) is 44.6 Å². The van der Waals surface area contributed by atoms with E-state index in [2.05, 4.69) is 9.97 Å². The third-order valence-corrected chi connectivity index (χ3v) is 3.09. The summed E-state index contributed by atoms with van der Waals surface area (Å²) < 4.78 is 0. The highest BCUT2D eigenvalue weighted by Gasteiger charge is 2.22. The van der Waals surface area contributed by atoms with Crippen molar-refractivity contribution in [3.8, 4) is 0 Å². The molecule has 0 aliphatic rings. The summed E-state index contributed by atoms with van der Waals surface area (Å²) >= 11 is 0. The Labute approximate surface area is 118 Å². The largest absolute Gasteiger partial charge is 0.389 e. The van der Waals surface area contributed by atoms with Crippen molar-refractivity contribution in [2.45, 2.75) is 46.6 Å². The Morgan fingerprint density at radius 2 is 2.00 bits per heavy atom. The van der Waals surface area contributed by atoms with Crippen LogP contribution in [0.15, 0.2) is 4.79 Å². The van der Waals surface area contributed by atoms with Gasteiger partial charge in [-0.3, -0.25) is 4.79 Å². The number of amides is 1. The number of rotatable bonds is 5. The van der Waals surface area contributed by atoms with Gasteiger partial charge < -0.3 is 15.0 Å². The van der Waals surface area contributed by atoms with Crippen LogP contribution in [-0.2, 0) is 11.2 Å². The van der Waals surface area contributed by atoms with Gasteiger partial charge in [-0.05, 0) is 34.6 Å². The summed E-state index contributed by atoms with van der Waals surface area (Å²) in [5.74, 6) is -0.0883. The molecule has 1 heterocycles. The van der Waals surface area contributed by atoms with Crippen molar-refractivity contribution in [3.63, 3.8) is 0 Å². The smallest absolute Gasteiger partial charge is 0.345 e. The van der Waals surface area contributed by atoms with Crippen LogP contribution in [0.1, 0.15) is 37.7 Å². The quantitative estimate of drug-likeness (QED) is 0.825. The Balaban J connectivity index is 2.92.